The molecule has 1 unspecified atom stereocenters. The molecule has 0 saturated heterocycles. The summed E-state index contributed by atoms with van der Waals surface area (Å²) in [6.07, 6.45) is 5.20. The van der Waals surface area contributed by atoms with Gasteiger partial charge in [-0.05, 0) is 59.5 Å². The predicted molar refractivity (Wildman–Crippen MR) is 87.8 cm³/mol. The Morgan fingerprint density at radius 3 is 2.05 bits per heavy atom. The molecule has 0 rings (SSSR count). The van der Waals surface area contributed by atoms with Crippen LogP contribution in [0.3, 0.4) is 0 Å². The summed E-state index contributed by atoms with van der Waals surface area (Å²) in [5.74, 6) is 0.870. The lowest BCUT2D eigenvalue weighted by atomic mass is 10.0. The number of rotatable bonds is 10. The summed E-state index contributed by atoms with van der Waals surface area (Å²) < 4.78 is 0. The first-order chi connectivity index (χ1) is 8.84. The van der Waals surface area contributed by atoms with Crippen molar-refractivity contribution < 1.29 is 0 Å². The Morgan fingerprint density at radius 1 is 1.05 bits per heavy atom. The first-order valence-electron chi connectivity index (χ1n) is 8.33. The van der Waals surface area contributed by atoms with E-state index in [1.54, 1.807) is 0 Å². The van der Waals surface area contributed by atoms with Gasteiger partial charge in [0.05, 0.1) is 0 Å². The Kier molecular flexibility index (Phi) is 9.72. The standard InChI is InChI=1S/C17H38N2/c1-8-16(9-2)14-19(10-3)15(4)12-11-13-18-17(5,6)7/h15-16,18H,8-14H2,1-7H3. The lowest BCUT2D eigenvalue weighted by Gasteiger charge is -2.31. The zero-order chi connectivity index (χ0) is 14.9. The Bertz CT molecular complexity index is 204. The molecular weight excluding hydrogens is 232 g/mol. The molecule has 0 aromatic rings. The van der Waals surface area contributed by atoms with E-state index in [4.69, 9.17) is 0 Å². The van der Waals surface area contributed by atoms with Crippen LogP contribution in [0.1, 0.15) is 74.1 Å². The van der Waals surface area contributed by atoms with Gasteiger partial charge in [-0.2, -0.15) is 0 Å². The lowest BCUT2D eigenvalue weighted by molar-refractivity contribution is 0.170. The molecule has 0 aliphatic rings. The van der Waals surface area contributed by atoms with Gasteiger partial charge in [-0.3, -0.25) is 0 Å². The maximum atomic E-state index is 3.58. The largest absolute Gasteiger partial charge is 0.312 e. The molecule has 19 heavy (non-hydrogen) atoms. The molecule has 0 aliphatic carbocycles. The molecule has 0 amide bonds. The van der Waals surface area contributed by atoms with Gasteiger partial charge < -0.3 is 10.2 Å². The van der Waals surface area contributed by atoms with Crippen LogP contribution in [0.15, 0.2) is 0 Å². The molecule has 2 nitrogen and oxygen atoms in total. The molecule has 0 heterocycles. The Morgan fingerprint density at radius 2 is 1.63 bits per heavy atom. The van der Waals surface area contributed by atoms with Crippen LogP contribution < -0.4 is 5.32 Å². The maximum Gasteiger partial charge on any atom is 0.00965 e. The monoisotopic (exact) mass is 270 g/mol. The number of nitrogens with one attached hydrogen (secondary N) is 1. The van der Waals surface area contributed by atoms with Crippen LogP contribution in [-0.4, -0.2) is 36.1 Å². The summed E-state index contributed by atoms with van der Waals surface area (Å²) in [5.41, 5.74) is 0.253. The molecule has 0 saturated carbocycles. The minimum absolute atomic E-state index is 0.253. The second-order valence-electron chi connectivity index (χ2n) is 6.94. The van der Waals surface area contributed by atoms with E-state index in [9.17, 15) is 0 Å². The van der Waals surface area contributed by atoms with E-state index < -0.39 is 0 Å². The van der Waals surface area contributed by atoms with Crippen molar-refractivity contribution in [2.24, 2.45) is 5.92 Å². The van der Waals surface area contributed by atoms with Gasteiger partial charge in [-0.25, -0.2) is 0 Å². The second-order valence-corrected chi connectivity index (χ2v) is 6.94. The van der Waals surface area contributed by atoms with Crippen LogP contribution >= 0.6 is 0 Å². The van der Waals surface area contributed by atoms with Crippen molar-refractivity contribution in [3.8, 4) is 0 Å². The maximum absolute atomic E-state index is 3.58. The molecule has 0 radical (unpaired) electrons. The number of nitrogens with zero attached hydrogens (tertiary/aromatic N) is 1. The van der Waals surface area contributed by atoms with Crippen LogP contribution in [0.25, 0.3) is 0 Å². The molecule has 1 atom stereocenters. The summed E-state index contributed by atoms with van der Waals surface area (Å²) in [6, 6.07) is 0.715. The predicted octanol–water partition coefficient (Wildman–Crippen LogP) is 4.30. The fraction of sp³-hybridized carbons (Fsp3) is 1.00. The Balaban J connectivity index is 3.97. The van der Waals surface area contributed by atoms with Gasteiger partial charge in [0.15, 0.2) is 0 Å². The molecule has 0 aromatic carbocycles. The minimum atomic E-state index is 0.253. The Hall–Kier alpha value is -0.0800. The molecule has 0 fully saturated rings. The third kappa shape index (κ3) is 9.45. The van der Waals surface area contributed by atoms with Crippen LogP contribution in [0.2, 0.25) is 0 Å². The molecule has 116 valence electrons. The fourth-order valence-electron chi connectivity index (χ4n) is 2.54. The van der Waals surface area contributed by atoms with E-state index in [-0.39, 0.29) is 5.54 Å². The summed E-state index contributed by atoms with van der Waals surface area (Å²) in [4.78, 5) is 2.66. The summed E-state index contributed by atoms with van der Waals surface area (Å²) in [7, 11) is 0. The van der Waals surface area contributed by atoms with Gasteiger partial charge in [-0.1, -0.05) is 33.6 Å². The van der Waals surface area contributed by atoms with Crippen molar-refractivity contribution in [2.75, 3.05) is 19.6 Å². The molecular formula is C17H38N2. The van der Waals surface area contributed by atoms with E-state index in [0.29, 0.717) is 6.04 Å². The molecule has 0 bridgehead atoms. The molecule has 2 heteroatoms. The third-order valence-electron chi connectivity index (χ3n) is 4.13. The fourth-order valence-corrected chi connectivity index (χ4v) is 2.54. The van der Waals surface area contributed by atoms with Crippen LogP contribution in [0, 0.1) is 5.92 Å². The van der Waals surface area contributed by atoms with Crippen molar-refractivity contribution in [3.63, 3.8) is 0 Å². The van der Waals surface area contributed by atoms with Crippen molar-refractivity contribution in [1.29, 1.82) is 0 Å². The van der Waals surface area contributed by atoms with E-state index in [1.807, 2.05) is 0 Å². The van der Waals surface area contributed by atoms with Gasteiger partial charge in [0, 0.05) is 18.1 Å². The highest BCUT2D eigenvalue weighted by Gasteiger charge is 2.16. The summed E-state index contributed by atoms with van der Waals surface area (Å²) in [6.45, 7) is 19.6. The van der Waals surface area contributed by atoms with Crippen molar-refractivity contribution >= 4 is 0 Å². The summed E-state index contributed by atoms with van der Waals surface area (Å²) >= 11 is 0. The smallest absolute Gasteiger partial charge is 0.00965 e. The topological polar surface area (TPSA) is 15.3 Å². The number of hydrogen-bond donors (Lipinski definition) is 1. The normalized spacial score (nSPS) is 14.4. The quantitative estimate of drug-likeness (QED) is 0.595. The van der Waals surface area contributed by atoms with Crippen molar-refractivity contribution in [1.82, 2.24) is 10.2 Å². The van der Waals surface area contributed by atoms with Crippen LogP contribution in [0.5, 0.6) is 0 Å². The lowest BCUT2D eigenvalue weighted by Crippen LogP contribution is -2.39. The average molecular weight is 271 g/mol. The van der Waals surface area contributed by atoms with Crippen molar-refractivity contribution in [2.45, 2.75) is 85.7 Å². The van der Waals surface area contributed by atoms with Gasteiger partial charge in [-0.15, -0.1) is 0 Å². The van der Waals surface area contributed by atoms with Gasteiger partial charge in [0.1, 0.15) is 0 Å². The molecule has 1 N–H and O–H groups in total. The first-order valence-corrected chi connectivity index (χ1v) is 8.33. The Labute approximate surface area is 122 Å². The van der Waals surface area contributed by atoms with Gasteiger partial charge >= 0.3 is 0 Å². The summed E-state index contributed by atoms with van der Waals surface area (Å²) in [5, 5.41) is 3.58. The van der Waals surface area contributed by atoms with Crippen LogP contribution in [0.4, 0.5) is 0 Å². The van der Waals surface area contributed by atoms with E-state index in [1.165, 1.54) is 38.8 Å². The highest BCUT2D eigenvalue weighted by Crippen LogP contribution is 2.14. The second kappa shape index (κ2) is 9.77. The van der Waals surface area contributed by atoms with E-state index >= 15 is 0 Å². The minimum Gasteiger partial charge on any atom is -0.312 e. The van der Waals surface area contributed by atoms with E-state index in [0.717, 1.165) is 12.5 Å². The van der Waals surface area contributed by atoms with Gasteiger partial charge in [0.25, 0.3) is 0 Å². The van der Waals surface area contributed by atoms with Crippen LogP contribution in [-0.2, 0) is 0 Å². The zero-order valence-electron chi connectivity index (χ0n) is 14.6. The third-order valence-corrected chi connectivity index (χ3v) is 4.13. The zero-order valence-corrected chi connectivity index (χ0v) is 14.6. The molecule has 0 spiro atoms. The average Bonchev–Trinajstić information content (AvgIpc) is 2.35. The van der Waals surface area contributed by atoms with Crippen molar-refractivity contribution in [3.05, 3.63) is 0 Å². The highest BCUT2D eigenvalue weighted by atomic mass is 15.1. The molecule has 0 aromatic heterocycles. The number of hydrogen-bond acceptors (Lipinski definition) is 2. The van der Waals surface area contributed by atoms with E-state index in [2.05, 4.69) is 58.7 Å². The first kappa shape index (κ1) is 18.9. The highest BCUT2D eigenvalue weighted by molar-refractivity contribution is 4.73. The molecule has 0 aliphatic heterocycles. The van der Waals surface area contributed by atoms with Gasteiger partial charge in [0.2, 0.25) is 0 Å². The SMILES string of the molecule is CCC(CC)CN(CC)C(C)CCCNC(C)(C)C.